The second kappa shape index (κ2) is 8.49. The number of benzene rings is 2. The van der Waals surface area contributed by atoms with Gasteiger partial charge in [0.1, 0.15) is 11.6 Å². The van der Waals surface area contributed by atoms with E-state index in [1.807, 2.05) is 44.2 Å². The molecule has 0 spiro atoms. The van der Waals surface area contributed by atoms with Crippen molar-refractivity contribution < 1.29 is 17.8 Å². The first-order valence-electron chi connectivity index (χ1n) is 8.08. The number of rotatable bonds is 6. The molecule has 2 aromatic rings. The molecule has 0 aliphatic carbocycles. The number of nitrogens with zero attached hydrogens (tertiary/aromatic N) is 2. The summed E-state index contributed by atoms with van der Waals surface area (Å²) in [6.07, 6.45) is 1.44. The van der Waals surface area contributed by atoms with Gasteiger partial charge in [0.05, 0.1) is 4.90 Å². The van der Waals surface area contributed by atoms with Crippen molar-refractivity contribution in [2.75, 3.05) is 16.8 Å². The molecule has 2 aromatic carbocycles. The molecule has 0 saturated carbocycles. The summed E-state index contributed by atoms with van der Waals surface area (Å²) in [5.74, 6) is -0.684. The van der Waals surface area contributed by atoms with E-state index in [9.17, 15) is 18.5 Å². The Morgan fingerprint density at radius 3 is 2.56 bits per heavy atom. The van der Waals surface area contributed by atoms with Crippen LogP contribution in [0.5, 0.6) is 0 Å². The Kier molecular flexibility index (Phi) is 6.34. The van der Waals surface area contributed by atoms with Crippen molar-refractivity contribution in [1.82, 2.24) is 0 Å². The number of anilines is 2. The Balaban J connectivity index is 2.27. The Bertz CT molecular complexity index is 1020. The van der Waals surface area contributed by atoms with Crippen molar-refractivity contribution >= 4 is 27.4 Å². The molecule has 7 nitrogen and oxygen atoms in total. The zero-order valence-corrected chi connectivity index (χ0v) is 15.7. The molecule has 0 heterocycles. The van der Waals surface area contributed by atoms with Gasteiger partial charge in [-0.2, -0.15) is 13.7 Å². The van der Waals surface area contributed by atoms with Crippen molar-refractivity contribution in [3.05, 3.63) is 65.9 Å². The molecule has 0 aromatic heterocycles. The highest BCUT2D eigenvalue weighted by molar-refractivity contribution is 7.85. The summed E-state index contributed by atoms with van der Waals surface area (Å²) >= 11 is 0. The summed E-state index contributed by atoms with van der Waals surface area (Å²) in [5, 5.41) is 11.8. The van der Waals surface area contributed by atoms with Gasteiger partial charge in [0.25, 0.3) is 16.0 Å². The SMILES string of the molecule is CCN(/C=C(/C#N)C(=O)Nc1cccc(S(=O)(=O)O)c1)c1cccc(C)c1. The number of hydrogen-bond acceptors (Lipinski definition) is 5. The average molecular weight is 385 g/mol. The van der Waals surface area contributed by atoms with Crippen LogP contribution < -0.4 is 10.2 Å². The standard InChI is InChI=1S/C19H19N3O4S/c1-3-22(17-8-4-6-14(2)10-17)13-15(12-20)19(23)21-16-7-5-9-18(11-16)27(24,25)26/h4-11,13H,3H2,1-2H3,(H,21,23)(H,24,25,26)/b15-13-. The molecular formula is C19H19N3O4S. The molecule has 2 N–H and O–H groups in total. The molecule has 2 rings (SSSR count). The second-order valence-electron chi connectivity index (χ2n) is 5.74. The van der Waals surface area contributed by atoms with E-state index in [1.165, 1.54) is 24.4 Å². The fraction of sp³-hybridized carbons (Fsp3) is 0.158. The van der Waals surface area contributed by atoms with Crippen LogP contribution in [0.3, 0.4) is 0 Å². The van der Waals surface area contributed by atoms with Crippen LogP contribution in [-0.4, -0.2) is 25.4 Å². The van der Waals surface area contributed by atoms with Crippen molar-refractivity contribution in [3.63, 3.8) is 0 Å². The van der Waals surface area contributed by atoms with Crippen LogP contribution in [-0.2, 0) is 14.9 Å². The summed E-state index contributed by atoms with van der Waals surface area (Å²) < 4.78 is 31.5. The summed E-state index contributed by atoms with van der Waals surface area (Å²) in [5.41, 5.74) is 1.89. The summed E-state index contributed by atoms with van der Waals surface area (Å²) in [7, 11) is -4.39. The molecule has 0 fully saturated rings. The molecule has 140 valence electrons. The minimum atomic E-state index is -4.39. The lowest BCUT2D eigenvalue weighted by Gasteiger charge is -2.19. The van der Waals surface area contributed by atoms with Gasteiger partial charge in [-0.3, -0.25) is 9.35 Å². The van der Waals surface area contributed by atoms with Gasteiger partial charge in [0.2, 0.25) is 0 Å². The minimum absolute atomic E-state index is 0.143. The van der Waals surface area contributed by atoms with Crippen LogP contribution in [0.4, 0.5) is 11.4 Å². The quantitative estimate of drug-likeness (QED) is 0.449. The first kappa shape index (κ1) is 20.2. The predicted molar refractivity (Wildman–Crippen MR) is 103 cm³/mol. The van der Waals surface area contributed by atoms with Crippen LogP contribution >= 0.6 is 0 Å². The van der Waals surface area contributed by atoms with E-state index >= 15 is 0 Å². The fourth-order valence-electron chi connectivity index (χ4n) is 2.38. The zero-order chi connectivity index (χ0) is 20.0. The summed E-state index contributed by atoms with van der Waals surface area (Å²) in [6, 6.07) is 14.6. The maximum atomic E-state index is 12.4. The monoisotopic (exact) mass is 385 g/mol. The number of nitriles is 1. The lowest BCUT2D eigenvalue weighted by Crippen LogP contribution is -2.20. The lowest BCUT2D eigenvalue weighted by molar-refractivity contribution is -0.112. The normalized spacial score (nSPS) is 11.6. The largest absolute Gasteiger partial charge is 0.347 e. The molecule has 0 saturated heterocycles. The van der Waals surface area contributed by atoms with Crippen LogP contribution in [0.25, 0.3) is 0 Å². The third-order valence-electron chi connectivity index (χ3n) is 3.71. The van der Waals surface area contributed by atoms with Gasteiger partial charge in [-0.1, -0.05) is 18.2 Å². The van der Waals surface area contributed by atoms with Gasteiger partial charge in [0, 0.05) is 24.1 Å². The Morgan fingerprint density at radius 2 is 1.96 bits per heavy atom. The van der Waals surface area contributed by atoms with Gasteiger partial charge in [0.15, 0.2) is 0 Å². The maximum Gasteiger partial charge on any atom is 0.294 e. The molecule has 0 atom stereocenters. The highest BCUT2D eigenvalue weighted by Crippen LogP contribution is 2.19. The van der Waals surface area contributed by atoms with Crippen molar-refractivity contribution in [1.29, 1.82) is 5.26 Å². The molecule has 0 aliphatic heterocycles. The zero-order valence-electron chi connectivity index (χ0n) is 14.9. The van der Waals surface area contributed by atoms with E-state index < -0.39 is 16.0 Å². The van der Waals surface area contributed by atoms with Crippen molar-refractivity contribution in [2.24, 2.45) is 0 Å². The van der Waals surface area contributed by atoms with E-state index in [1.54, 1.807) is 4.90 Å². The smallest absolute Gasteiger partial charge is 0.294 e. The summed E-state index contributed by atoms with van der Waals surface area (Å²) in [4.78, 5) is 13.8. The second-order valence-corrected chi connectivity index (χ2v) is 7.16. The Hall–Kier alpha value is -3.15. The first-order valence-corrected chi connectivity index (χ1v) is 9.52. The summed E-state index contributed by atoms with van der Waals surface area (Å²) in [6.45, 7) is 4.38. The predicted octanol–water partition coefficient (Wildman–Crippen LogP) is 3.11. The minimum Gasteiger partial charge on any atom is -0.347 e. The van der Waals surface area contributed by atoms with Crippen LogP contribution in [0.15, 0.2) is 65.2 Å². The van der Waals surface area contributed by atoms with Gasteiger partial charge < -0.3 is 10.2 Å². The lowest BCUT2D eigenvalue weighted by atomic mass is 10.2. The van der Waals surface area contributed by atoms with E-state index in [-0.39, 0.29) is 16.2 Å². The van der Waals surface area contributed by atoms with Crippen molar-refractivity contribution in [3.8, 4) is 6.07 Å². The number of aryl methyl sites for hydroxylation is 1. The highest BCUT2D eigenvalue weighted by atomic mass is 32.2. The molecule has 27 heavy (non-hydrogen) atoms. The molecule has 0 radical (unpaired) electrons. The molecule has 8 heteroatoms. The molecule has 0 bridgehead atoms. The number of hydrogen-bond donors (Lipinski definition) is 2. The fourth-order valence-corrected chi connectivity index (χ4v) is 2.91. The van der Waals surface area contributed by atoms with Gasteiger partial charge in [-0.05, 0) is 49.7 Å². The number of carbonyl (C=O) groups excluding carboxylic acids is 1. The van der Waals surface area contributed by atoms with Gasteiger partial charge >= 0.3 is 0 Å². The number of carbonyl (C=O) groups is 1. The van der Waals surface area contributed by atoms with Crippen LogP contribution in [0.2, 0.25) is 0 Å². The third-order valence-corrected chi connectivity index (χ3v) is 4.56. The van der Waals surface area contributed by atoms with E-state index in [0.717, 1.165) is 17.3 Å². The molecular weight excluding hydrogens is 366 g/mol. The van der Waals surface area contributed by atoms with Crippen LogP contribution in [0, 0.1) is 18.3 Å². The van der Waals surface area contributed by atoms with Gasteiger partial charge in [-0.25, -0.2) is 0 Å². The third kappa shape index (κ3) is 5.41. The van der Waals surface area contributed by atoms with E-state index in [2.05, 4.69) is 5.32 Å². The highest BCUT2D eigenvalue weighted by Gasteiger charge is 2.14. The molecule has 1 amide bonds. The van der Waals surface area contributed by atoms with E-state index in [4.69, 9.17) is 4.55 Å². The Labute approximate surface area is 158 Å². The molecule has 0 aliphatic rings. The molecule has 0 unspecified atom stereocenters. The number of amides is 1. The first-order chi connectivity index (χ1) is 12.7. The van der Waals surface area contributed by atoms with Crippen LogP contribution in [0.1, 0.15) is 12.5 Å². The number of nitrogens with one attached hydrogen (secondary N) is 1. The maximum absolute atomic E-state index is 12.4. The van der Waals surface area contributed by atoms with E-state index in [0.29, 0.717) is 6.54 Å². The van der Waals surface area contributed by atoms with Gasteiger partial charge in [-0.15, -0.1) is 0 Å². The topological polar surface area (TPSA) is 111 Å². The Morgan fingerprint density at radius 1 is 1.26 bits per heavy atom. The average Bonchev–Trinajstić information content (AvgIpc) is 2.62. The van der Waals surface area contributed by atoms with Crippen molar-refractivity contribution in [2.45, 2.75) is 18.7 Å².